The van der Waals surface area contributed by atoms with E-state index >= 15 is 0 Å². The van der Waals surface area contributed by atoms with Crippen molar-refractivity contribution in [1.82, 2.24) is 0 Å². The molecule has 0 aliphatic heterocycles. The second-order valence-electron chi connectivity index (χ2n) is 3.15. The second kappa shape index (κ2) is 3.68. The van der Waals surface area contributed by atoms with Gasteiger partial charge in [0, 0.05) is 20.7 Å². The van der Waals surface area contributed by atoms with Crippen LogP contribution < -0.4 is 0 Å². The summed E-state index contributed by atoms with van der Waals surface area (Å²) in [7, 11) is 0. The molecule has 3 rings (SSSR count). The Morgan fingerprint density at radius 1 is 1.00 bits per heavy atom. The van der Waals surface area contributed by atoms with Gasteiger partial charge in [-0.25, -0.2) is 0 Å². The first-order chi connectivity index (χ1) is 7.43. The lowest BCUT2D eigenvalue weighted by Gasteiger charge is -1.89. The smallest absolute Gasteiger partial charge is 0.134 e. The summed E-state index contributed by atoms with van der Waals surface area (Å²) in [5.74, 6) is 0.939. The standard InChI is InChI=1S/C12H8OS2/c1-3-10(13-5-1)9-7-12(15-8-9)11-4-2-6-14-11/h1-8H. The van der Waals surface area contributed by atoms with E-state index in [-0.39, 0.29) is 0 Å². The zero-order valence-corrected chi connectivity index (χ0v) is 9.48. The summed E-state index contributed by atoms with van der Waals surface area (Å²) >= 11 is 3.52. The molecule has 0 N–H and O–H groups in total. The topological polar surface area (TPSA) is 13.1 Å². The fourth-order valence-electron chi connectivity index (χ4n) is 1.46. The van der Waals surface area contributed by atoms with Crippen molar-refractivity contribution in [3.8, 4) is 21.1 Å². The molecule has 0 fully saturated rings. The number of hydrogen-bond donors (Lipinski definition) is 0. The Bertz CT molecular complexity index is 483. The van der Waals surface area contributed by atoms with E-state index < -0.39 is 0 Å². The number of hydrogen-bond acceptors (Lipinski definition) is 3. The van der Waals surface area contributed by atoms with Gasteiger partial charge in [-0.1, -0.05) is 6.07 Å². The van der Waals surface area contributed by atoms with Crippen LogP contribution in [0.3, 0.4) is 0 Å². The minimum absolute atomic E-state index is 0.939. The lowest BCUT2D eigenvalue weighted by molar-refractivity contribution is 0.582. The summed E-state index contributed by atoms with van der Waals surface area (Å²) in [6, 6.07) is 10.3. The minimum atomic E-state index is 0.939. The molecule has 0 bridgehead atoms. The number of thiophene rings is 2. The molecule has 0 spiro atoms. The van der Waals surface area contributed by atoms with Crippen LogP contribution in [0.1, 0.15) is 0 Å². The van der Waals surface area contributed by atoms with Gasteiger partial charge in [0.25, 0.3) is 0 Å². The second-order valence-corrected chi connectivity index (χ2v) is 5.01. The van der Waals surface area contributed by atoms with Gasteiger partial charge < -0.3 is 4.42 Å². The predicted molar refractivity (Wildman–Crippen MR) is 65.3 cm³/mol. The van der Waals surface area contributed by atoms with Gasteiger partial charge >= 0.3 is 0 Å². The predicted octanol–water partition coefficient (Wildman–Crippen LogP) is 4.74. The Morgan fingerprint density at radius 3 is 2.73 bits per heavy atom. The summed E-state index contributed by atoms with van der Waals surface area (Å²) in [5.41, 5.74) is 1.16. The molecule has 0 aliphatic rings. The third kappa shape index (κ3) is 1.64. The summed E-state index contributed by atoms with van der Waals surface area (Å²) < 4.78 is 5.36. The van der Waals surface area contributed by atoms with Crippen molar-refractivity contribution in [3.63, 3.8) is 0 Å². The Labute approximate surface area is 95.6 Å². The number of rotatable bonds is 2. The zero-order valence-electron chi connectivity index (χ0n) is 7.84. The molecular formula is C12H8OS2. The van der Waals surface area contributed by atoms with Gasteiger partial charge in [-0.2, -0.15) is 0 Å². The highest BCUT2D eigenvalue weighted by atomic mass is 32.1. The van der Waals surface area contributed by atoms with Crippen LogP contribution in [0.4, 0.5) is 0 Å². The third-order valence-corrected chi connectivity index (χ3v) is 4.17. The largest absolute Gasteiger partial charge is 0.464 e. The highest BCUT2D eigenvalue weighted by molar-refractivity contribution is 7.20. The van der Waals surface area contributed by atoms with E-state index in [1.807, 2.05) is 12.1 Å². The summed E-state index contributed by atoms with van der Waals surface area (Å²) in [4.78, 5) is 2.62. The minimum Gasteiger partial charge on any atom is -0.464 e. The summed E-state index contributed by atoms with van der Waals surface area (Å²) in [5, 5.41) is 4.23. The van der Waals surface area contributed by atoms with Crippen molar-refractivity contribution in [2.24, 2.45) is 0 Å². The maximum atomic E-state index is 5.36. The first kappa shape index (κ1) is 8.95. The van der Waals surface area contributed by atoms with E-state index in [1.165, 1.54) is 9.75 Å². The molecule has 0 saturated heterocycles. The molecule has 15 heavy (non-hydrogen) atoms. The van der Waals surface area contributed by atoms with Gasteiger partial charge in [0.2, 0.25) is 0 Å². The first-order valence-electron chi connectivity index (χ1n) is 4.60. The molecule has 0 atom stereocenters. The van der Waals surface area contributed by atoms with Crippen LogP contribution in [-0.2, 0) is 0 Å². The number of furan rings is 1. The highest BCUT2D eigenvalue weighted by Crippen LogP contribution is 2.34. The fourth-order valence-corrected chi connectivity index (χ4v) is 3.20. The van der Waals surface area contributed by atoms with E-state index in [2.05, 4.69) is 29.0 Å². The van der Waals surface area contributed by atoms with E-state index in [0.29, 0.717) is 0 Å². The summed E-state index contributed by atoms with van der Waals surface area (Å²) in [6.07, 6.45) is 1.71. The zero-order chi connectivity index (χ0) is 10.1. The molecular weight excluding hydrogens is 224 g/mol. The fraction of sp³-hybridized carbons (Fsp3) is 0. The Morgan fingerprint density at radius 2 is 2.00 bits per heavy atom. The SMILES string of the molecule is c1coc(-c2csc(-c3cccs3)c2)c1. The van der Waals surface area contributed by atoms with Crippen LogP contribution in [0.15, 0.2) is 51.8 Å². The lowest BCUT2D eigenvalue weighted by atomic mass is 10.2. The van der Waals surface area contributed by atoms with Gasteiger partial charge in [0.05, 0.1) is 6.26 Å². The van der Waals surface area contributed by atoms with Crippen molar-refractivity contribution in [2.45, 2.75) is 0 Å². The Balaban J connectivity index is 2.02. The van der Waals surface area contributed by atoms with E-state index in [4.69, 9.17) is 4.42 Å². The molecule has 0 radical (unpaired) electrons. The molecule has 1 nitrogen and oxygen atoms in total. The third-order valence-electron chi connectivity index (χ3n) is 2.17. The maximum absolute atomic E-state index is 5.36. The van der Waals surface area contributed by atoms with Gasteiger partial charge in [0.15, 0.2) is 0 Å². The van der Waals surface area contributed by atoms with Crippen LogP contribution in [0, 0.1) is 0 Å². The highest BCUT2D eigenvalue weighted by Gasteiger charge is 2.06. The van der Waals surface area contributed by atoms with Crippen LogP contribution in [0.5, 0.6) is 0 Å². The van der Waals surface area contributed by atoms with Crippen molar-refractivity contribution < 1.29 is 4.42 Å². The molecule has 74 valence electrons. The van der Waals surface area contributed by atoms with Crippen molar-refractivity contribution in [3.05, 3.63) is 47.4 Å². The first-order valence-corrected chi connectivity index (χ1v) is 6.36. The molecule has 3 aromatic heterocycles. The van der Waals surface area contributed by atoms with Crippen molar-refractivity contribution in [2.75, 3.05) is 0 Å². The van der Waals surface area contributed by atoms with Crippen LogP contribution in [0.25, 0.3) is 21.1 Å². The Kier molecular flexibility index (Phi) is 2.19. The molecule has 0 amide bonds. The van der Waals surface area contributed by atoms with Crippen LogP contribution >= 0.6 is 22.7 Å². The van der Waals surface area contributed by atoms with Crippen molar-refractivity contribution in [1.29, 1.82) is 0 Å². The van der Waals surface area contributed by atoms with Gasteiger partial charge in [-0.3, -0.25) is 0 Å². The van der Waals surface area contributed by atoms with E-state index in [0.717, 1.165) is 11.3 Å². The lowest BCUT2D eigenvalue weighted by Crippen LogP contribution is -1.64. The van der Waals surface area contributed by atoms with Gasteiger partial charge in [-0.05, 0) is 29.6 Å². The molecule has 0 aliphatic carbocycles. The molecule has 3 aromatic rings. The van der Waals surface area contributed by atoms with Gasteiger partial charge in [0.1, 0.15) is 5.76 Å². The Hall–Kier alpha value is -1.32. The normalized spacial score (nSPS) is 10.7. The van der Waals surface area contributed by atoms with Crippen molar-refractivity contribution >= 4 is 22.7 Å². The molecule has 3 heteroatoms. The monoisotopic (exact) mass is 232 g/mol. The molecule has 0 saturated carbocycles. The van der Waals surface area contributed by atoms with Crippen LogP contribution in [0.2, 0.25) is 0 Å². The molecule has 3 heterocycles. The van der Waals surface area contributed by atoms with E-state index in [1.54, 1.807) is 28.9 Å². The van der Waals surface area contributed by atoms with Crippen LogP contribution in [-0.4, -0.2) is 0 Å². The maximum Gasteiger partial charge on any atom is 0.134 e. The molecule has 0 aromatic carbocycles. The van der Waals surface area contributed by atoms with E-state index in [9.17, 15) is 0 Å². The summed E-state index contributed by atoms with van der Waals surface area (Å²) in [6.45, 7) is 0. The molecule has 0 unspecified atom stereocenters. The quantitative estimate of drug-likeness (QED) is 0.622. The average molecular weight is 232 g/mol. The average Bonchev–Trinajstić information content (AvgIpc) is 3.02. The van der Waals surface area contributed by atoms with Gasteiger partial charge in [-0.15, -0.1) is 22.7 Å².